The van der Waals surface area contributed by atoms with E-state index in [9.17, 15) is 9.59 Å². The van der Waals surface area contributed by atoms with Crippen molar-refractivity contribution in [2.75, 3.05) is 14.2 Å². The van der Waals surface area contributed by atoms with E-state index in [4.69, 9.17) is 9.47 Å². The number of carbonyl (C=O) groups is 2. The minimum Gasteiger partial charge on any atom is -0.497 e. The van der Waals surface area contributed by atoms with E-state index in [0.717, 1.165) is 11.3 Å². The summed E-state index contributed by atoms with van der Waals surface area (Å²) in [6.07, 6.45) is -0.703. The fraction of sp³-hybridized carbons (Fsp3) is 0.263. The fourth-order valence-corrected chi connectivity index (χ4v) is 2.15. The molecule has 0 fully saturated rings. The van der Waals surface area contributed by atoms with Gasteiger partial charge >= 0.3 is 5.97 Å². The maximum Gasteiger partial charge on any atom is 0.337 e. The highest BCUT2D eigenvalue weighted by atomic mass is 16.5. The molecule has 0 bridgehead atoms. The van der Waals surface area contributed by atoms with Crippen molar-refractivity contribution < 1.29 is 23.8 Å². The van der Waals surface area contributed by atoms with Crippen molar-refractivity contribution >= 4 is 11.9 Å². The lowest BCUT2D eigenvalue weighted by molar-refractivity contribution is -0.127. The van der Waals surface area contributed by atoms with E-state index >= 15 is 0 Å². The first-order valence-electron chi connectivity index (χ1n) is 7.79. The SMILES string of the molecule is COC(=O)c1cccc(OC(C)C(=O)NCc2ccc(OC)cc2)c1. The van der Waals surface area contributed by atoms with Crippen molar-refractivity contribution in [2.45, 2.75) is 19.6 Å². The predicted molar refractivity (Wildman–Crippen MR) is 92.7 cm³/mol. The van der Waals surface area contributed by atoms with Gasteiger partial charge in [-0.2, -0.15) is 0 Å². The molecule has 1 unspecified atom stereocenters. The Bertz CT molecular complexity index is 727. The molecular weight excluding hydrogens is 322 g/mol. The minimum absolute atomic E-state index is 0.251. The van der Waals surface area contributed by atoms with Gasteiger partial charge < -0.3 is 19.5 Å². The number of benzene rings is 2. The normalized spacial score (nSPS) is 11.3. The highest BCUT2D eigenvalue weighted by Gasteiger charge is 2.15. The van der Waals surface area contributed by atoms with E-state index in [2.05, 4.69) is 10.1 Å². The molecule has 0 aliphatic heterocycles. The quantitative estimate of drug-likeness (QED) is 0.782. The number of nitrogens with one attached hydrogen (secondary N) is 1. The number of methoxy groups -OCH3 is 2. The molecule has 1 amide bonds. The Labute approximate surface area is 146 Å². The Morgan fingerprint density at radius 3 is 2.40 bits per heavy atom. The number of amides is 1. The number of esters is 1. The van der Waals surface area contributed by atoms with Gasteiger partial charge in [0.15, 0.2) is 6.10 Å². The van der Waals surface area contributed by atoms with E-state index < -0.39 is 12.1 Å². The maximum absolute atomic E-state index is 12.2. The largest absolute Gasteiger partial charge is 0.497 e. The maximum atomic E-state index is 12.2. The van der Waals surface area contributed by atoms with Gasteiger partial charge in [-0.05, 0) is 42.8 Å². The number of hydrogen-bond donors (Lipinski definition) is 1. The van der Waals surface area contributed by atoms with E-state index in [0.29, 0.717) is 17.9 Å². The van der Waals surface area contributed by atoms with E-state index in [1.807, 2.05) is 24.3 Å². The van der Waals surface area contributed by atoms with Crippen LogP contribution in [0, 0.1) is 0 Å². The van der Waals surface area contributed by atoms with Crippen LogP contribution < -0.4 is 14.8 Å². The summed E-state index contributed by atoms with van der Waals surface area (Å²) in [6.45, 7) is 2.03. The van der Waals surface area contributed by atoms with E-state index in [1.54, 1.807) is 38.3 Å². The molecule has 2 rings (SSSR count). The number of hydrogen-bond acceptors (Lipinski definition) is 5. The summed E-state index contributed by atoms with van der Waals surface area (Å²) < 4.78 is 15.4. The molecule has 132 valence electrons. The van der Waals surface area contributed by atoms with Gasteiger partial charge in [0.2, 0.25) is 0 Å². The molecule has 0 aromatic heterocycles. The highest BCUT2D eigenvalue weighted by Crippen LogP contribution is 2.16. The van der Waals surface area contributed by atoms with Crippen LogP contribution in [0.3, 0.4) is 0 Å². The van der Waals surface area contributed by atoms with Crippen molar-refractivity contribution in [3.05, 3.63) is 59.7 Å². The molecule has 1 atom stereocenters. The minimum atomic E-state index is -0.703. The van der Waals surface area contributed by atoms with Crippen LogP contribution in [0.2, 0.25) is 0 Å². The van der Waals surface area contributed by atoms with Gasteiger partial charge in [0.05, 0.1) is 19.8 Å². The fourth-order valence-electron chi connectivity index (χ4n) is 2.15. The van der Waals surface area contributed by atoms with Gasteiger partial charge in [-0.1, -0.05) is 18.2 Å². The molecule has 2 aromatic carbocycles. The molecule has 0 heterocycles. The third-order valence-electron chi connectivity index (χ3n) is 3.56. The molecule has 25 heavy (non-hydrogen) atoms. The molecule has 0 radical (unpaired) electrons. The summed E-state index contributed by atoms with van der Waals surface area (Å²) in [6, 6.07) is 13.9. The average Bonchev–Trinajstić information content (AvgIpc) is 2.65. The smallest absolute Gasteiger partial charge is 0.337 e. The van der Waals surface area contributed by atoms with Crippen LogP contribution in [-0.2, 0) is 16.1 Å². The topological polar surface area (TPSA) is 73.9 Å². The van der Waals surface area contributed by atoms with Crippen LogP contribution in [0.5, 0.6) is 11.5 Å². The molecule has 0 aliphatic rings. The van der Waals surface area contributed by atoms with Crippen LogP contribution in [-0.4, -0.2) is 32.2 Å². The molecule has 6 nitrogen and oxygen atoms in total. The van der Waals surface area contributed by atoms with Crippen molar-refractivity contribution in [3.8, 4) is 11.5 Å². The Hall–Kier alpha value is -3.02. The monoisotopic (exact) mass is 343 g/mol. The molecule has 0 aliphatic carbocycles. The van der Waals surface area contributed by atoms with Gasteiger partial charge in [-0.3, -0.25) is 4.79 Å². The van der Waals surface area contributed by atoms with Crippen molar-refractivity contribution in [2.24, 2.45) is 0 Å². The summed E-state index contributed by atoms with van der Waals surface area (Å²) in [4.78, 5) is 23.7. The second-order valence-corrected chi connectivity index (χ2v) is 5.35. The summed E-state index contributed by atoms with van der Waals surface area (Å²) in [5, 5.41) is 2.81. The van der Waals surface area contributed by atoms with Gasteiger partial charge in [0.1, 0.15) is 11.5 Å². The Morgan fingerprint density at radius 2 is 1.76 bits per heavy atom. The van der Waals surface area contributed by atoms with Gasteiger partial charge in [-0.25, -0.2) is 4.79 Å². The lowest BCUT2D eigenvalue weighted by Gasteiger charge is -2.15. The van der Waals surface area contributed by atoms with E-state index in [1.165, 1.54) is 7.11 Å². The third kappa shape index (κ3) is 5.24. The molecule has 2 aromatic rings. The second kappa shape index (κ2) is 8.73. The molecule has 1 N–H and O–H groups in total. The summed E-state index contributed by atoms with van der Waals surface area (Å²) >= 11 is 0. The Morgan fingerprint density at radius 1 is 1.04 bits per heavy atom. The number of rotatable bonds is 7. The predicted octanol–water partition coefficient (Wildman–Crippen LogP) is 2.57. The Kier molecular flexibility index (Phi) is 6.39. The summed E-state index contributed by atoms with van der Waals surface area (Å²) in [5.41, 5.74) is 1.32. The Balaban J connectivity index is 1.90. The lowest BCUT2D eigenvalue weighted by Crippen LogP contribution is -2.35. The standard InChI is InChI=1S/C19H21NO5/c1-13(25-17-6-4-5-15(11-17)19(22)24-3)18(21)20-12-14-7-9-16(23-2)10-8-14/h4-11,13H,12H2,1-3H3,(H,20,21). The summed E-state index contributed by atoms with van der Waals surface area (Å²) in [7, 11) is 2.91. The van der Waals surface area contributed by atoms with Crippen LogP contribution >= 0.6 is 0 Å². The highest BCUT2D eigenvalue weighted by molar-refractivity contribution is 5.89. The number of carbonyl (C=O) groups excluding carboxylic acids is 2. The first-order valence-corrected chi connectivity index (χ1v) is 7.79. The van der Waals surface area contributed by atoms with Crippen molar-refractivity contribution in [3.63, 3.8) is 0 Å². The van der Waals surface area contributed by atoms with Crippen LogP contribution in [0.15, 0.2) is 48.5 Å². The zero-order valence-corrected chi connectivity index (χ0v) is 14.4. The van der Waals surface area contributed by atoms with Crippen molar-refractivity contribution in [1.82, 2.24) is 5.32 Å². The first-order chi connectivity index (χ1) is 12.0. The zero-order valence-electron chi connectivity index (χ0n) is 14.4. The molecule has 0 spiro atoms. The third-order valence-corrected chi connectivity index (χ3v) is 3.56. The molecule has 0 saturated heterocycles. The average molecular weight is 343 g/mol. The lowest BCUT2D eigenvalue weighted by atomic mass is 10.2. The van der Waals surface area contributed by atoms with E-state index in [-0.39, 0.29) is 5.91 Å². The van der Waals surface area contributed by atoms with Gasteiger partial charge in [-0.15, -0.1) is 0 Å². The molecule has 6 heteroatoms. The van der Waals surface area contributed by atoms with Crippen LogP contribution in [0.25, 0.3) is 0 Å². The zero-order chi connectivity index (χ0) is 18.2. The van der Waals surface area contributed by atoms with Crippen LogP contribution in [0.4, 0.5) is 0 Å². The van der Waals surface area contributed by atoms with Crippen LogP contribution in [0.1, 0.15) is 22.8 Å². The van der Waals surface area contributed by atoms with Gasteiger partial charge in [0.25, 0.3) is 5.91 Å². The molecule has 0 saturated carbocycles. The second-order valence-electron chi connectivity index (χ2n) is 5.35. The van der Waals surface area contributed by atoms with Gasteiger partial charge in [0, 0.05) is 6.54 Å². The summed E-state index contributed by atoms with van der Waals surface area (Å²) in [5.74, 6) is 0.480. The molecular formula is C19H21NO5. The number of ether oxygens (including phenoxy) is 3. The first kappa shape index (κ1) is 18.3. The van der Waals surface area contributed by atoms with Crippen molar-refractivity contribution in [1.29, 1.82) is 0 Å².